The summed E-state index contributed by atoms with van der Waals surface area (Å²) in [6.45, 7) is 2.16. The summed E-state index contributed by atoms with van der Waals surface area (Å²) in [6, 6.07) is 6.26. The summed E-state index contributed by atoms with van der Waals surface area (Å²) < 4.78 is 8.06. The molecule has 0 bridgehead atoms. The van der Waals surface area contributed by atoms with Crippen molar-refractivity contribution in [2.45, 2.75) is 6.92 Å². The van der Waals surface area contributed by atoms with E-state index >= 15 is 0 Å². The van der Waals surface area contributed by atoms with Crippen LogP contribution in [0, 0.1) is 6.92 Å². The molecule has 2 nitrogen and oxygen atoms in total. The molecule has 1 aromatic heterocycles. The van der Waals surface area contributed by atoms with Crippen molar-refractivity contribution in [3.63, 3.8) is 0 Å². The van der Waals surface area contributed by atoms with Crippen LogP contribution in [0.5, 0.6) is 5.75 Å². The van der Waals surface area contributed by atoms with Crippen LogP contribution in [0.4, 0.5) is 0 Å². The number of nitrogens with one attached hydrogen (secondary N) is 1. The van der Waals surface area contributed by atoms with Gasteiger partial charge in [-0.1, -0.05) is 0 Å². The van der Waals surface area contributed by atoms with Gasteiger partial charge in [0.05, 0.1) is 0 Å². The fourth-order valence-corrected chi connectivity index (χ4v) is 3.62. The largest absolute Gasteiger partial charge is 1.00 e. The molecule has 0 saturated heterocycles. The maximum Gasteiger partial charge on any atom is -1.00 e. The van der Waals surface area contributed by atoms with E-state index in [0.717, 1.165) is 5.75 Å². The molecule has 70 valence electrons. The molecule has 0 spiro atoms. The zero-order valence-corrected chi connectivity index (χ0v) is 10.5. The van der Waals surface area contributed by atoms with Gasteiger partial charge in [-0.05, 0) is 0 Å². The van der Waals surface area contributed by atoms with Crippen molar-refractivity contribution in [1.29, 1.82) is 0 Å². The van der Waals surface area contributed by atoms with E-state index in [9.17, 15) is 0 Å². The average Bonchev–Trinajstić information content (AvgIpc) is 2.43. The fourth-order valence-electron chi connectivity index (χ4n) is 1.20. The van der Waals surface area contributed by atoms with Gasteiger partial charge in [-0.2, -0.15) is 0 Å². The monoisotopic (exact) mass is 313 g/mol. The number of hydrogen-bond acceptors (Lipinski definition) is 1. The topological polar surface area (TPSA) is 23.4 Å². The second-order valence-corrected chi connectivity index (χ2v) is 6.23. The standard InChI is InChI=1S/C9H9NOTe.ClH/c1-6-10-8-5-7(11-2)3-4-9(8)12-6;/h3-5H,1-2H3;1H. The summed E-state index contributed by atoms with van der Waals surface area (Å²) in [5, 5.41) is 0. The Hall–Kier alpha value is -0.230. The van der Waals surface area contributed by atoms with E-state index in [-0.39, 0.29) is 32.8 Å². The van der Waals surface area contributed by atoms with Gasteiger partial charge < -0.3 is 12.4 Å². The Bertz CT molecular complexity index is 413. The first-order valence-electron chi connectivity index (χ1n) is 3.76. The van der Waals surface area contributed by atoms with Gasteiger partial charge in [-0.25, -0.2) is 0 Å². The number of methoxy groups -OCH3 is 1. The minimum absolute atomic E-state index is 0. The number of halogens is 1. The molecule has 0 unspecified atom stereocenters. The van der Waals surface area contributed by atoms with Crippen LogP contribution in [0.15, 0.2) is 18.2 Å². The molecule has 0 atom stereocenters. The van der Waals surface area contributed by atoms with Crippen molar-refractivity contribution in [2.75, 3.05) is 7.11 Å². The first kappa shape index (κ1) is 10.8. The molecule has 2 aromatic rings. The molecule has 13 heavy (non-hydrogen) atoms. The van der Waals surface area contributed by atoms with Gasteiger partial charge in [-0.15, -0.1) is 0 Å². The number of fused-ring (bicyclic) bond motifs is 1. The van der Waals surface area contributed by atoms with E-state index in [4.69, 9.17) is 4.74 Å². The quantitative estimate of drug-likeness (QED) is 0.561. The smallest absolute Gasteiger partial charge is 1.00 e. The second kappa shape index (κ2) is 4.32. The van der Waals surface area contributed by atoms with Crippen molar-refractivity contribution < 1.29 is 22.1 Å². The third kappa shape index (κ3) is 2.17. The number of rotatable bonds is 1. The molecule has 0 aliphatic heterocycles. The normalized spacial score (nSPS) is 9.69. The molecule has 1 heterocycles. The van der Waals surface area contributed by atoms with E-state index in [0.29, 0.717) is 0 Å². The zero-order chi connectivity index (χ0) is 8.55. The van der Waals surface area contributed by atoms with E-state index in [1.807, 2.05) is 6.07 Å². The molecule has 0 aliphatic carbocycles. The summed E-state index contributed by atoms with van der Waals surface area (Å²) in [7, 11) is 1.70. The number of benzene rings is 1. The summed E-state index contributed by atoms with van der Waals surface area (Å²) in [4.78, 5) is 3.37. The molecular formula is C9H10ClNOTe. The molecule has 0 saturated carbocycles. The van der Waals surface area contributed by atoms with Crippen molar-refractivity contribution in [2.24, 2.45) is 0 Å². The molecule has 1 N–H and O–H groups in total. The molecule has 2 rings (SSSR count). The number of hydrogen-bond donors (Lipinski definition) is 0. The number of aromatic nitrogens is 1. The number of ether oxygens (including phenoxy) is 1. The van der Waals surface area contributed by atoms with Gasteiger partial charge in [0.1, 0.15) is 0 Å². The Labute approximate surface area is 93.0 Å². The zero-order valence-electron chi connectivity index (χ0n) is 7.43. The molecule has 0 fully saturated rings. The third-order valence-corrected chi connectivity index (χ3v) is 4.57. The Balaban J connectivity index is 0.000000845. The first-order valence-corrected chi connectivity index (χ1v) is 6.09. The summed E-state index contributed by atoms with van der Waals surface area (Å²) in [5.74, 6) is 0.934. The predicted octanol–water partition coefficient (Wildman–Crippen LogP) is -1.97. The van der Waals surface area contributed by atoms with Crippen LogP contribution in [0.1, 0.15) is 3.71 Å². The van der Waals surface area contributed by atoms with Gasteiger partial charge in [-0.3, -0.25) is 0 Å². The summed E-state index contributed by atoms with van der Waals surface area (Å²) in [5.41, 5.74) is 1.24. The maximum atomic E-state index is 5.14. The van der Waals surface area contributed by atoms with Crippen molar-refractivity contribution in [1.82, 2.24) is 0 Å². The van der Waals surface area contributed by atoms with Crippen LogP contribution in [0.25, 0.3) is 8.92 Å². The molecule has 1 aromatic carbocycles. The maximum absolute atomic E-state index is 5.14. The Kier molecular flexibility index (Phi) is 3.61. The molecule has 0 radical (unpaired) electrons. The van der Waals surface area contributed by atoms with Crippen LogP contribution in [0.3, 0.4) is 0 Å². The predicted molar refractivity (Wildman–Crippen MR) is 48.7 cm³/mol. The average molecular weight is 311 g/mol. The van der Waals surface area contributed by atoms with Crippen LogP contribution >= 0.6 is 0 Å². The van der Waals surface area contributed by atoms with Crippen LogP contribution in [-0.4, -0.2) is 27.5 Å². The number of aromatic amines is 1. The van der Waals surface area contributed by atoms with E-state index in [1.165, 1.54) is 12.6 Å². The minimum atomic E-state index is -0.0810. The van der Waals surface area contributed by atoms with Crippen molar-refractivity contribution in [3.05, 3.63) is 21.9 Å². The van der Waals surface area contributed by atoms with Gasteiger partial charge in [0.15, 0.2) is 0 Å². The third-order valence-electron chi connectivity index (χ3n) is 1.76. The van der Waals surface area contributed by atoms with Crippen molar-refractivity contribution in [3.8, 4) is 5.75 Å². The Morgan fingerprint density at radius 3 is 2.85 bits per heavy atom. The van der Waals surface area contributed by atoms with Crippen LogP contribution in [0.2, 0.25) is 0 Å². The number of aryl methyl sites for hydroxylation is 1. The fraction of sp³-hybridized carbons (Fsp3) is 0.222. The van der Waals surface area contributed by atoms with E-state index in [2.05, 4.69) is 24.0 Å². The van der Waals surface area contributed by atoms with Crippen LogP contribution in [-0.2, 0) is 0 Å². The second-order valence-electron chi connectivity index (χ2n) is 2.65. The molecule has 4 heteroatoms. The van der Waals surface area contributed by atoms with E-state index in [1.54, 1.807) is 7.11 Å². The SMILES string of the molecule is COc1ccc2[te]c(C)[nH+]c2c1.[Cl-]. The van der Waals surface area contributed by atoms with Gasteiger partial charge in [0, 0.05) is 0 Å². The van der Waals surface area contributed by atoms with E-state index < -0.39 is 0 Å². The summed E-state index contributed by atoms with van der Waals surface area (Å²) in [6.07, 6.45) is 0. The molecular weight excluding hydrogens is 301 g/mol. The molecule has 0 aliphatic rings. The Morgan fingerprint density at radius 2 is 2.15 bits per heavy atom. The van der Waals surface area contributed by atoms with Gasteiger partial charge in [0.2, 0.25) is 0 Å². The van der Waals surface area contributed by atoms with Crippen LogP contribution < -0.4 is 22.1 Å². The minimum Gasteiger partial charge on any atom is -1.00 e. The Morgan fingerprint density at radius 1 is 1.38 bits per heavy atom. The molecule has 0 amide bonds. The number of H-pyrrole nitrogens is 1. The summed E-state index contributed by atoms with van der Waals surface area (Å²) >= 11 is -0.0810. The van der Waals surface area contributed by atoms with Gasteiger partial charge >= 0.3 is 80.8 Å². The first-order chi connectivity index (χ1) is 5.79. The van der Waals surface area contributed by atoms with Gasteiger partial charge in [0.25, 0.3) is 0 Å². The van der Waals surface area contributed by atoms with Crippen molar-refractivity contribution >= 4 is 29.3 Å².